The van der Waals surface area contributed by atoms with Crippen LogP contribution >= 0.6 is 0 Å². The van der Waals surface area contributed by atoms with Crippen molar-refractivity contribution in [3.05, 3.63) is 35.6 Å². The van der Waals surface area contributed by atoms with Crippen molar-refractivity contribution in [2.75, 3.05) is 6.61 Å². The lowest BCUT2D eigenvalue weighted by atomic mass is 10.2. The van der Waals surface area contributed by atoms with Gasteiger partial charge in [0.1, 0.15) is 5.82 Å². The summed E-state index contributed by atoms with van der Waals surface area (Å²) in [7, 11) is 0. The predicted octanol–water partition coefficient (Wildman–Crippen LogP) is 1.05. The van der Waals surface area contributed by atoms with Crippen LogP contribution in [0.3, 0.4) is 0 Å². The van der Waals surface area contributed by atoms with Gasteiger partial charge in [0.25, 0.3) is 0 Å². The van der Waals surface area contributed by atoms with Crippen LogP contribution in [0.2, 0.25) is 0 Å². The van der Waals surface area contributed by atoms with Crippen LogP contribution in [0.5, 0.6) is 0 Å². The Morgan fingerprint density at radius 3 is 2.75 bits per heavy atom. The number of carbonyl (C=O) groups is 1. The van der Waals surface area contributed by atoms with Gasteiger partial charge >= 0.3 is 0 Å². The van der Waals surface area contributed by atoms with E-state index in [-0.39, 0.29) is 24.8 Å². The fourth-order valence-electron chi connectivity index (χ4n) is 1.02. The Labute approximate surface area is 92.8 Å². The highest BCUT2D eigenvalue weighted by molar-refractivity contribution is 5.82. The Morgan fingerprint density at radius 2 is 2.12 bits per heavy atom. The smallest absolute Gasteiger partial charge is 0.240 e. The molecule has 1 rings (SSSR count). The number of aliphatic hydroxyl groups is 1. The number of nitrogens with zero attached hydrogens (tertiary/aromatic N) is 1. The maximum Gasteiger partial charge on any atom is 0.240 e. The molecule has 0 saturated heterocycles. The average molecular weight is 224 g/mol. The average Bonchev–Trinajstić information content (AvgIpc) is 2.29. The van der Waals surface area contributed by atoms with Gasteiger partial charge in [-0.1, -0.05) is 12.1 Å². The van der Waals surface area contributed by atoms with E-state index in [1.807, 2.05) is 0 Å². The molecule has 1 aromatic carbocycles. The number of aliphatic hydroxyl groups excluding tert-OH is 1. The monoisotopic (exact) mass is 224 g/mol. The van der Waals surface area contributed by atoms with Gasteiger partial charge in [-0.05, 0) is 24.1 Å². The molecule has 0 bridgehead atoms. The maximum absolute atomic E-state index is 12.5. The summed E-state index contributed by atoms with van der Waals surface area (Å²) in [6, 6.07) is 5.74. The lowest BCUT2D eigenvalue weighted by Gasteiger charge is -1.97. The van der Waals surface area contributed by atoms with Gasteiger partial charge in [-0.2, -0.15) is 5.10 Å². The molecular weight excluding hydrogens is 211 g/mol. The zero-order valence-corrected chi connectivity index (χ0v) is 8.69. The molecule has 0 unspecified atom stereocenters. The first-order valence-corrected chi connectivity index (χ1v) is 4.90. The number of nitrogens with one attached hydrogen (secondary N) is 1. The Bertz CT molecular complexity index is 363. The van der Waals surface area contributed by atoms with Crippen LogP contribution in [-0.2, 0) is 4.79 Å². The SMILES string of the molecule is O=C(CCCO)N/N=C/c1ccc(F)cc1. The number of hydrogen-bond donors (Lipinski definition) is 2. The van der Waals surface area contributed by atoms with Crippen LogP contribution in [0.15, 0.2) is 29.4 Å². The summed E-state index contributed by atoms with van der Waals surface area (Å²) in [6.45, 7) is -0.0188. The topological polar surface area (TPSA) is 61.7 Å². The molecule has 1 amide bonds. The minimum atomic E-state index is -0.316. The molecule has 16 heavy (non-hydrogen) atoms. The molecule has 1 aromatic rings. The molecule has 86 valence electrons. The summed E-state index contributed by atoms with van der Waals surface area (Å²) in [5.41, 5.74) is 3.00. The Morgan fingerprint density at radius 1 is 1.44 bits per heavy atom. The molecule has 2 N–H and O–H groups in total. The van der Waals surface area contributed by atoms with Gasteiger partial charge < -0.3 is 5.11 Å². The first kappa shape index (κ1) is 12.3. The molecule has 0 aliphatic heterocycles. The van der Waals surface area contributed by atoms with Crippen molar-refractivity contribution in [3.63, 3.8) is 0 Å². The Hall–Kier alpha value is -1.75. The largest absolute Gasteiger partial charge is 0.396 e. The van der Waals surface area contributed by atoms with E-state index in [9.17, 15) is 9.18 Å². The van der Waals surface area contributed by atoms with Gasteiger partial charge in [-0.25, -0.2) is 9.82 Å². The van der Waals surface area contributed by atoms with E-state index in [2.05, 4.69) is 10.5 Å². The van der Waals surface area contributed by atoms with E-state index >= 15 is 0 Å². The van der Waals surface area contributed by atoms with Gasteiger partial charge in [0, 0.05) is 13.0 Å². The zero-order chi connectivity index (χ0) is 11.8. The molecule has 4 nitrogen and oxygen atoms in total. The van der Waals surface area contributed by atoms with Crippen molar-refractivity contribution in [1.29, 1.82) is 0 Å². The third kappa shape index (κ3) is 4.65. The van der Waals surface area contributed by atoms with Crippen LogP contribution in [-0.4, -0.2) is 23.8 Å². The summed E-state index contributed by atoms with van der Waals surface area (Å²) in [4.78, 5) is 11.1. The molecule has 0 radical (unpaired) electrons. The van der Waals surface area contributed by atoms with E-state index in [0.29, 0.717) is 12.0 Å². The fraction of sp³-hybridized carbons (Fsp3) is 0.273. The minimum Gasteiger partial charge on any atom is -0.396 e. The molecular formula is C11H13FN2O2. The second-order valence-electron chi connectivity index (χ2n) is 3.17. The van der Waals surface area contributed by atoms with Crippen molar-refractivity contribution in [3.8, 4) is 0 Å². The fourth-order valence-corrected chi connectivity index (χ4v) is 1.02. The maximum atomic E-state index is 12.5. The quantitative estimate of drug-likeness (QED) is 0.580. The molecule has 0 fully saturated rings. The second kappa shape index (κ2) is 6.68. The van der Waals surface area contributed by atoms with Crippen LogP contribution in [0.1, 0.15) is 18.4 Å². The van der Waals surface area contributed by atoms with Crippen LogP contribution in [0.4, 0.5) is 4.39 Å². The summed E-state index contributed by atoms with van der Waals surface area (Å²) in [5.74, 6) is -0.573. The summed E-state index contributed by atoms with van der Waals surface area (Å²) >= 11 is 0. The number of hydrogen-bond acceptors (Lipinski definition) is 3. The highest BCUT2D eigenvalue weighted by Crippen LogP contribution is 1.99. The number of carbonyl (C=O) groups excluding carboxylic acids is 1. The van der Waals surface area contributed by atoms with Crippen LogP contribution in [0, 0.1) is 5.82 Å². The zero-order valence-electron chi connectivity index (χ0n) is 8.69. The van der Waals surface area contributed by atoms with E-state index in [1.165, 1.54) is 18.3 Å². The first-order valence-electron chi connectivity index (χ1n) is 4.90. The molecule has 0 atom stereocenters. The van der Waals surface area contributed by atoms with Crippen molar-refractivity contribution in [2.24, 2.45) is 5.10 Å². The highest BCUT2D eigenvalue weighted by atomic mass is 19.1. The number of rotatable bonds is 5. The number of hydrazone groups is 1. The highest BCUT2D eigenvalue weighted by Gasteiger charge is 1.97. The van der Waals surface area contributed by atoms with Crippen LogP contribution < -0.4 is 5.43 Å². The standard InChI is InChI=1S/C11H13FN2O2/c12-10-5-3-9(4-6-10)8-13-14-11(16)2-1-7-15/h3-6,8,15H,1-2,7H2,(H,14,16)/b13-8+. The minimum absolute atomic E-state index is 0.0188. The summed E-state index contributed by atoms with van der Waals surface area (Å²) < 4.78 is 12.5. The van der Waals surface area contributed by atoms with Gasteiger partial charge in [0.05, 0.1) is 6.21 Å². The predicted molar refractivity (Wildman–Crippen MR) is 58.5 cm³/mol. The second-order valence-corrected chi connectivity index (χ2v) is 3.17. The number of benzene rings is 1. The van der Waals surface area contributed by atoms with E-state index in [0.717, 1.165) is 0 Å². The van der Waals surface area contributed by atoms with Gasteiger partial charge in [-0.3, -0.25) is 4.79 Å². The van der Waals surface area contributed by atoms with E-state index in [4.69, 9.17) is 5.11 Å². The molecule has 0 heterocycles. The Balaban J connectivity index is 2.37. The lowest BCUT2D eigenvalue weighted by molar-refractivity contribution is -0.121. The van der Waals surface area contributed by atoms with E-state index < -0.39 is 0 Å². The van der Waals surface area contributed by atoms with E-state index in [1.54, 1.807) is 12.1 Å². The van der Waals surface area contributed by atoms with Crippen molar-refractivity contribution >= 4 is 12.1 Å². The molecule has 0 saturated carbocycles. The summed E-state index contributed by atoms with van der Waals surface area (Å²) in [6.07, 6.45) is 2.07. The summed E-state index contributed by atoms with van der Waals surface area (Å²) in [5, 5.41) is 12.2. The molecule has 0 aliphatic rings. The molecule has 0 aliphatic carbocycles. The third-order valence-electron chi connectivity index (χ3n) is 1.83. The number of amides is 1. The molecule has 0 spiro atoms. The van der Waals surface area contributed by atoms with Gasteiger partial charge in [0.15, 0.2) is 0 Å². The van der Waals surface area contributed by atoms with Gasteiger partial charge in [0.2, 0.25) is 5.91 Å². The lowest BCUT2D eigenvalue weighted by Crippen LogP contribution is -2.17. The molecule has 5 heteroatoms. The number of halogens is 1. The Kier molecular flexibility index (Phi) is 5.15. The van der Waals surface area contributed by atoms with Crippen molar-refractivity contribution in [1.82, 2.24) is 5.43 Å². The van der Waals surface area contributed by atoms with Crippen LogP contribution in [0.25, 0.3) is 0 Å². The molecule has 0 aromatic heterocycles. The van der Waals surface area contributed by atoms with Gasteiger partial charge in [-0.15, -0.1) is 0 Å². The first-order chi connectivity index (χ1) is 7.72. The van der Waals surface area contributed by atoms with Crippen molar-refractivity contribution in [2.45, 2.75) is 12.8 Å². The normalized spacial score (nSPS) is 10.6. The van der Waals surface area contributed by atoms with Crippen molar-refractivity contribution < 1.29 is 14.3 Å². The third-order valence-corrected chi connectivity index (χ3v) is 1.83.